The topological polar surface area (TPSA) is 12.1 Å². The van der Waals surface area contributed by atoms with Gasteiger partial charge in [0.2, 0.25) is 0 Å². The second-order valence-corrected chi connectivity index (χ2v) is 7.38. The number of aromatic nitrogens is 2. The van der Waals surface area contributed by atoms with Crippen molar-refractivity contribution in [1.29, 1.82) is 0 Å². The zero-order valence-electron chi connectivity index (χ0n) is 17.8. The highest BCUT2D eigenvalue weighted by molar-refractivity contribution is 6.71. The molecule has 2 aliphatic heterocycles. The van der Waals surface area contributed by atoms with Crippen molar-refractivity contribution in [3.8, 4) is 11.4 Å². The number of aryl methyl sites for hydroxylation is 2. The van der Waals surface area contributed by atoms with Crippen LogP contribution in [-0.4, -0.2) is 17.6 Å². The fourth-order valence-corrected chi connectivity index (χ4v) is 4.54. The SMILES string of the molecule is [2H]C([2H])([2H])c1cccc(C)c1B1N(C(C)C)c2cccc3c2-c2n(cc[n+]21)C3. The number of rotatable bonds is 2. The van der Waals surface area contributed by atoms with Crippen LogP contribution in [0.2, 0.25) is 0 Å². The van der Waals surface area contributed by atoms with E-state index in [0.717, 1.165) is 17.6 Å². The Balaban J connectivity index is 1.85. The molecule has 3 heterocycles. The second-order valence-electron chi connectivity index (χ2n) is 7.38. The van der Waals surface area contributed by atoms with Gasteiger partial charge in [-0.1, -0.05) is 30.3 Å². The van der Waals surface area contributed by atoms with Crippen molar-refractivity contribution in [3.05, 3.63) is 65.5 Å². The first-order valence-electron chi connectivity index (χ1n) is 10.4. The third-order valence-electron chi connectivity index (χ3n) is 5.56. The summed E-state index contributed by atoms with van der Waals surface area (Å²) in [6.45, 7) is 4.90. The van der Waals surface area contributed by atoms with Gasteiger partial charge in [0, 0.05) is 26.9 Å². The van der Waals surface area contributed by atoms with Gasteiger partial charge in [0.15, 0.2) is 0 Å². The van der Waals surface area contributed by atoms with E-state index in [-0.39, 0.29) is 13.0 Å². The maximum atomic E-state index is 8.15. The molecule has 0 unspecified atom stereocenters. The van der Waals surface area contributed by atoms with Gasteiger partial charge in [0.05, 0.1) is 5.56 Å². The van der Waals surface area contributed by atoms with Gasteiger partial charge in [-0.2, -0.15) is 0 Å². The molecule has 3 aromatic rings. The van der Waals surface area contributed by atoms with Gasteiger partial charge in [-0.25, -0.2) is 4.57 Å². The van der Waals surface area contributed by atoms with Crippen molar-refractivity contribution >= 4 is 18.1 Å². The monoisotopic (exact) mass is 331 g/mol. The van der Waals surface area contributed by atoms with E-state index < -0.39 is 6.85 Å². The molecule has 25 heavy (non-hydrogen) atoms. The lowest BCUT2D eigenvalue weighted by Gasteiger charge is -2.37. The molecule has 0 atom stereocenters. The Labute approximate surface area is 153 Å². The van der Waals surface area contributed by atoms with Gasteiger partial charge in [0.25, 0.3) is 5.82 Å². The average Bonchev–Trinajstić information content (AvgIpc) is 3.19. The normalized spacial score (nSPS) is 16.7. The molecule has 0 amide bonds. The molecule has 1 aromatic heterocycles. The van der Waals surface area contributed by atoms with Crippen LogP contribution in [0.1, 0.15) is 34.7 Å². The van der Waals surface area contributed by atoms with Crippen LogP contribution in [0.4, 0.5) is 5.69 Å². The highest BCUT2D eigenvalue weighted by Crippen LogP contribution is 2.41. The van der Waals surface area contributed by atoms with Gasteiger partial charge < -0.3 is 4.81 Å². The fraction of sp³-hybridized carbons (Fsp3) is 0.286. The van der Waals surface area contributed by atoms with Crippen LogP contribution in [0.5, 0.6) is 0 Å². The molecular formula is C21H23BN3+. The van der Waals surface area contributed by atoms with Gasteiger partial charge >= 0.3 is 6.98 Å². The number of benzene rings is 2. The lowest BCUT2D eigenvalue weighted by molar-refractivity contribution is -0.523. The van der Waals surface area contributed by atoms with E-state index in [4.69, 9.17) is 4.11 Å². The summed E-state index contributed by atoms with van der Waals surface area (Å²) in [6, 6.07) is 12.3. The van der Waals surface area contributed by atoms with Crippen LogP contribution < -0.4 is 14.8 Å². The van der Waals surface area contributed by atoms with E-state index in [9.17, 15) is 0 Å². The van der Waals surface area contributed by atoms with Crippen molar-refractivity contribution in [1.82, 2.24) is 4.57 Å². The van der Waals surface area contributed by atoms with Crippen LogP contribution in [0.15, 0.2) is 48.8 Å². The number of hydrogen-bond acceptors (Lipinski definition) is 1. The summed E-state index contributed by atoms with van der Waals surface area (Å²) in [5.74, 6) is 1.17. The summed E-state index contributed by atoms with van der Waals surface area (Å²) < 4.78 is 29.0. The molecule has 0 bridgehead atoms. The lowest BCUT2D eigenvalue weighted by atomic mass is 9.59. The third kappa shape index (κ3) is 1.85. The molecule has 0 radical (unpaired) electrons. The predicted molar refractivity (Wildman–Crippen MR) is 103 cm³/mol. The van der Waals surface area contributed by atoms with Gasteiger partial charge in [-0.3, -0.25) is 4.48 Å². The Hall–Kier alpha value is -2.49. The Morgan fingerprint density at radius 2 is 1.96 bits per heavy atom. The molecular weight excluding hydrogens is 305 g/mol. The molecule has 4 heteroatoms. The number of imidazole rings is 1. The quantitative estimate of drug-likeness (QED) is 0.515. The molecule has 0 saturated carbocycles. The minimum absolute atomic E-state index is 0.186. The van der Waals surface area contributed by atoms with Crippen LogP contribution >= 0.6 is 0 Å². The zero-order chi connectivity index (χ0) is 19.8. The molecule has 5 rings (SSSR count). The minimum atomic E-state index is -2.16. The van der Waals surface area contributed by atoms with E-state index in [0.29, 0.717) is 5.56 Å². The van der Waals surface area contributed by atoms with E-state index in [1.54, 1.807) is 6.07 Å². The smallest absolute Gasteiger partial charge is 0.367 e. The van der Waals surface area contributed by atoms with E-state index in [1.165, 1.54) is 22.6 Å². The Morgan fingerprint density at radius 3 is 2.76 bits per heavy atom. The third-order valence-corrected chi connectivity index (χ3v) is 5.56. The Kier molecular flexibility index (Phi) is 2.40. The molecule has 124 valence electrons. The van der Waals surface area contributed by atoms with Crippen molar-refractivity contribution in [2.24, 2.45) is 0 Å². The molecule has 2 aliphatic rings. The van der Waals surface area contributed by atoms with E-state index >= 15 is 0 Å². The van der Waals surface area contributed by atoms with Gasteiger partial charge in [-0.15, -0.1) is 0 Å². The summed E-state index contributed by atoms with van der Waals surface area (Å²) in [7, 11) is 0. The highest BCUT2D eigenvalue weighted by Gasteiger charge is 2.49. The van der Waals surface area contributed by atoms with E-state index in [2.05, 4.69) is 58.3 Å². The standard InChI is InChI=1S/C21H23BN3/c1-14(2)25-18-10-6-9-17-13-23-11-12-24(21(23)19(17)18)22(25)20-15(3)7-5-8-16(20)4/h5-12,14H,13H2,1-4H3/q+1/i3D3. The number of nitrogens with zero attached hydrogens (tertiary/aromatic N) is 3. The van der Waals surface area contributed by atoms with Gasteiger partial charge in [0.1, 0.15) is 18.9 Å². The lowest BCUT2D eigenvalue weighted by Crippen LogP contribution is -2.73. The summed E-state index contributed by atoms with van der Waals surface area (Å²) in [5, 5.41) is 0. The highest BCUT2D eigenvalue weighted by atomic mass is 15.3. The number of hydrogen-bond donors (Lipinski definition) is 0. The van der Waals surface area contributed by atoms with Crippen molar-refractivity contribution in [2.75, 3.05) is 4.81 Å². The maximum Gasteiger partial charge on any atom is 0.538 e. The predicted octanol–water partition coefficient (Wildman–Crippen LogP) is 2.89. The first-order valence-corrected chi connectivity index (χ1v) is 8.90. The van der Waals surface area contributed by atoms with Crippen LogP contribution in [0, 0.1) is 13.8 Å². The molecule has 2 aromatic carbocycles. The van der Waals surface area contributed by atoms with E-state index in [1.807, 2.05) is 19.1 Å². The minimum Gasteiger partial charge on any atom is -0.367 e. The van der Waals surface area contributed by atoms with Crippen LogP contribution in [0.25, 0.3) is 11.4 Å². The van der Waals surface area contributed by atoms with Crippen molar-refractivity contribution < 1.29 is 8.59 Å². The first-order chi connectivity index (χ1) is 13.3. The van der Waals surface area contributed by atoms with Crippen molar-refractivity contribution in [2.45, 2.75) is 40.2 Å². The Bertz CT molecular complexity index is 1100. The van der Waals surface area contributed by atoms with Crippen LogP contribution in [-0.2, 0) is 6.54 Å². The molecule has 0 saturated heterocycles. The summed E-state index contributed by atoms with van der Waals surface area (Å²) >= 11 is 0. The number of anilines is 1. The Morgan fingerprint density at radius 1 is 1.16 bits per heavy atom. The summed E-state index contributed by atoms with van der Waals surface area (Å²) in [6.07, 6.45) is 4.22. The van der Waals surface area contributed by atoms with Crippen LogP contribution in [0.3, 0.4) is 0 Å². The summed E-state index contributed by atoms with van der Waals surface area (Å²) in [5.41, 5.74) is 6.13. The molecule has 3 nitrogen and oxygen atoms in total. The molecule has 0 spiro atoms. The second kappa shape index (κ2) is 5.01. The zero-order valence-corrected chi connectivity index (χ0v) is 14.8. The van der Waals surface area contributed by atoms with Crippen molar-refractivity contribution in [3.63, 3.8) is 0 Å². The first kappa shape index (κ1) is 12.0. The average molecular weight is 331 g/mol. The molecule has 0 aliphatic carbocycles. The molecule has 0 fully saturated rings. The van der Waals surface area contributed by atoms with Gasteiger partial charge in [-0.05, 0) is 44.8 Å². The molecule has 0 N–H and O–H groups in total. The fourth-order valence-electron chi connectivity index (χ4n) is 4.54. The summed E-state index contributed by atoms with van der Waals surface area (Å²) in [4.78, 5) is 2.37. The maximum absolute atomic E-state index is 8.15. The largest absolute Gasteiger partial charge is 0.538 e.